The molecule has 5 heteroatoms. The number of ether oxygens (including phenoxy) is 1. The molecule has 0 aliphatic carbocycles. The normalized spacial score (nSPS) is 31.9. The first-order chi connectivity index (χ1) is 6.00. The van der Waals surface area contributed by atoms with E-state index in [1.807, 2.05) is 0 Å². The highest BCUT2D eigenvalue weighted by Gasteiger charge is 2.38. The topological polar surface area (TPSA) is 69.4 Å². The second-order valence-corrected chi connectivity index (χ2v) is 6.13. The quantitative estimate of drug-likeness (QED) is 0.703. The summed E-state index contributed by atoms with van der Waals surface area (Å²) in [5.74, 6) is 0. The molecule has 13 heavy (non-hydrogen) atoms. The van der Waals surface area contributed by atoms with Gasteiger partial charge >= 0.3 is 0 Å². The molecule has 4 nitrogen and oxygen atoms in total. The summed E-state index contributed by atoms with van der Waals surface area (Å²) in [5.41, 5.74) is 5.35. The van der Waals surface area contributed by atoms with Gasteiger partial charge in [0.25, 0.3) is 0 Å². The van der Waals surface area contributed by atoms with Crippen molar-refractivity contribution >= 4 is 9.84 Å². The maximum atomic E-state index is 11.8. The van der Waals surface area contributed by atoms with Gasteiger partial charge in [-0.3, -0.25) is 0 Å². The lowest BCUT2D eigenvalue weighted by atomic mass is 10.3. The Hall–Kier alpha value is -0.130. The van der Waals surface area contributed by atoms with Gasteiger partial charge in [0.05, 0.1) is 16.6 Å². The van der Waals surface area contributed by atoms with E-state index in [4.69, 9.17) is 10.5 Å². The molecule has 1 heterocycles. The lowest BCUT2D eigenvalue weighted by Gasteiger charge is -2.18. The van der Waals surface area contributed by atoms with E-state index in [9.17, 15) is 8.42 Å². The number of sulfone groups is 1. The standard InChI is InChI=1S/C8H17NO3S/c1-6(5-9)13(10,11)8-3-4-12-7(8)2/h6-8H,3-5,9H2,1-2H3. The fraction of sp³-hybridized carbons (Fsp3) is 1.00. The molecule has 1 aliphatic rings. The van der Waals surface area contributed by atoms with Gasteiger partial charge in [0, 0.05) is 13.2 Å². The second-order valence-electron chi connectivity index (χ2n) is 3.54. The van der Waals surface area contributed by atoms with Gasteiger partial charge in [-0.15, -0.1) is 0 Å². The summed E-state index contributed by atoms with van der Waals surface area (Å²) in [6.07, 6.45) is 0.424. The van der Waals surface area contributed by atoms with E-state index in [0.717, 1.165) is 0 Å². The maximum Gasteiger partial charge on any atom is 0.159 e. The molecule has 0 saturated carbocycles. The Labute approximate surface area is 79.4 Å². The molecule has 1 aliphatic heterocycles. The van der Waals surface area contributed by atoms with Gasteiger partial charge in [0.2, 0.25) is 0 Å². The van der Waals surface area contributed by atoms with E-state index >= 15 is 0 Å². The first-order valence-electron chi connectivity index (χ1n) is 4.54. The molecule has 0 spiro atoms. The average Bonchev–Trinajstić information content (AvgIpc) is 2.50. The van der Waals surface area contributed by atoms with Crippen molar-refractivity contribution < 1.29 is 13.2 Å². The number of rotatable bonds is 3. The minimum Gasteiger partial charge on any atom is -0.377 e. The zero-order chi connectivity index (χ0) is 10.1. The van der Waals surface area contributed by atoms with Crippen molar-refractivity contribution in [2.24, 2.45) is 5.73 Å². The molecule has 1 fully saturated rings. The summed E-state index contributed by atoms with van der Waals surface area (Å²) in [5, 5.41) is -0.812. The number of hydrogen-bond donors (Lipinski definition) is 1. The number of hydrogen-bond acceptors (Lipinski definition) is 4. The Balaban J connectivity index is 2.80. The fourth-order valence-electron chi connectivity index (χ4n) is 1.58. The van der Waals surface area contributed by atoms with E-state index in [2.05, 4.69) is 0 Å². The lowest BCUT2D eigenvalue weighted by Crippen LogP contribution is -2.38. The zero-order valence-corrected chi connectivity index (χ0v) is 8.88. The van der Waals surface area contributed by atoms with Gasteiger partial charge in [-0.05, 0) is 20.3 Å². The summed E-state index contributed by atoms with van der Waals surface area (Å²) in [4.78, 5) is 0. The molecule has 1 saturated heterocycles. The van der Waals surface area contributed by atoms with E-state index in [-0.39, 0.29) is 17.9 Å². The van der Waals surface area contributed by atoms with Crippen LogP contribution in [0.4, 0.5) is 0 Å². The minimum atomic E-state index is -3.09. The number of nitrogens with two attached hydrogens (primary N) is 1. The first-order valence-corrected chi connectivity index (χ1v) is 6.15. The van der Waals surface area contributed by atoms with Crippen molar-refractivity contribution in [2.45, 2.75) is 36.9 Å². The van der Waals surface area contributed by atoms with Crippen LogP contribution in [0.15, 0.2) is 0 Å². The fourth-order valence-corrected chi connectivity index (χ4v) is 3.48. The Morgan fingerprint density at radius 3 is 2.62 bits per heavy atom. The van der Waals surface area contributed by atoms with E-state index in [0.29, 0.717) is 13.0 Å². The van der Waals surface area contributed by atoms with Crippen LogP contribution >= 0.6 is 0 Å². The molecular formula is C8H17NO3S. The summed E-state index contributed by atoms with van der Waals surface area (Å²) < 4.78 is 28.9. The Kier molecular flexibility index (Phi) is 3.32. The third-order valence-corrected chi connectivity index (χ3v) is 5.40. The molecule has 0 aromatic rings. The molecule has 0 amide bonds. The molecule has 3 unspecified atom stereocenters. The third-order valence-electron chi connectivity index (χ3n) is 2.62. The first kappa shape index (κ1) is 10.9. The Morgan fingerprint density at radius 2 is 2.23 bits per heavy atom. The summed E-state index contributed by atoms with van der Waals surface area (Å²) in [7, 11) is -3.09. The van der Waals surface area contributed by atoms with Crippen molar-refractivity contribution in [1.82, 2.24) is 0 Å². The Morgan fingerprint density at radius 1 is 1.62 bits per heavy atom. The van der Waals surface area contributed by atoms with Crippen molar-refractivity contribution in [2.75, 3.05) is 13.2 Å². The largest absolute Gasteiger partial charge is 0.377 e. The van der Waals surface area contributed by atoms with Crippen LogP contribution in [0.25, 0.3) is 0 Å². The van der Waals surface area contributed by atoms with Crippen molar-refractivity contribution in [3.8, 4) is 0 Å². The SMILES string of the molecule is CC1OCCC1S(=O)(=O)C(C)CN. The van der Waals surface area contributed by atoms with Crippen molar-refractivity contribution in [3.63, 3.8) is 0 Å². The zero-order valence-electron chi connectivity index (χ0n) is 8.06. The third kappa shape index (κ3) is 2.03. The molecule has 0 bridgehead atoms. The van der Waals surface area contributed by atoms with Gasteiger partial charge < -0.3 is 10.5 Å². The van der Waals surface area contributed by atoms with Gasteiger partial charge in [-0.1, -0.05) is 0 Å². The van der Waals surface area contributed by atoms with Crippen LogP contribution in [-0.2, 0) is 14.6 Å². The van der Waals surface area contributed by atoms with Crippen LogP contribution in [-0.4, -0.2) is 38.2 Å². The van der Waals surface area contributed by atoms with Crippen LogP contribution in [0.5, 0.6) is 0 Å². The molecule has 2 N–H and O–H groups in total. The molecule has 0 aromatic heterocycles. The summed E-state index contributed by atoms with van der Waals surface area (Å²) >= 11 is 0. The molecule has 3 atom stereocenters. The highest BCUT2D eigenvalue weighted by Crippen LogP contribution is 2.23. The molecule has 1 rings (SSSR count). The van der Waals surface area contributed by atoms with E-state index < -0.39 is 15.1 Å². The van der Waals surface area contributed by atoms with E-state index in [1.165, 1.54) is 0 Å². The van der Waals surface area contributed by atoms with Crippen molar-refractivity contribution in [3.05, 3.63) is 0 Å². The Bertz CT molecular complexity index is 263. The summed E-state index contributed by atoms with van der Waals surface area (Å²) in [6, 6.07) is 0. The lowest BCUT2D eigenvalue weighted by molar-refractivity contribution is 0.126. The summed E-state index contributed by atoms with van der Waals surface area (Å²) in [6.45, 7) is 4.19. The van der Waals surface area contributed by atoms with Gasteiger partial charge in [-0.25, -0.2) is 8.42 Å². The highest BCUT2D eigenvalue weighted by molar-refractivity contribution is 7.92. The molecule has 78 valence electrons. The molecule has 0 aromatic carbocycles. The van der Waals surface area contributed by atoms with Crippen LogP contribution in [0.1, 0.15) is 20.3 Å². The minimum absolute atomic E-state index is 0.181. The van der Waals surface area contributed by atoms with Gasteiger partial charge in [0.15, 0.2) is 9.84 Å². The van der Waals surface area contributed by atoms with Crippen molar-refractivity contribution in [1.29, 1.82) is 0 Å². The van der Waals surface area contributed by atoms with Crippen LogP contribution < -0.4 is 5.73 Å². The molecule has 0 radical (unpaired) electrons. The predicted octanol–water partition coefficient (Wildman–Crippen LogP) is -0.0742. The van der Waals surface area contributed by atoms with Gasteiger partial charge in [0.1, 0.15) is 0 Å². The van der Waals surface area contributed by atoms with Crippen LogP contribution in [0.2, 0.25) is 0 Å². The van der Waals surface area contributed by atoms with E-state index in [1.54, 1.807) is 13.8 Å². The molecular weight excluding hydrogens is 190 g/mol. The maximum absolute atomic E-state index is 11.8. The highest BCUT2D eigenvalue weighted by atomic mass is 32.2. The van der Waals surface area contributed by atoms with Crippen LogP contribution in [0.3, 0.4) is 0 Å². The monoisotopic (exact) mass is 207 g/mol. The van der Waals surface area contributed by atoms with Crippen LogP contribution in [0, 0.1) is 0 Å². The average molecular weight is 207 g/mol. The smallest absolute Gasteiger partial charge is 0.159 e. The van der Waals surface area contributed by atoms with Gasteiger partial charge in [-0.2, -0.15) is 0 Å². The predicted molar refractivity (Wildman–Crippen MR) is 51.3 cm³/mol. The second kappa shape index (κ2) is 3.94.